The van der Waals surface area contributed by atoms with Crippen LogP contribution in [0.4, 0.5) is 8.78 Å². The van der Waals surface area contributed by atoms with E-state index in [0.717, 1.165) is 12.1 Å². The number of sulfonamides is 1. The molecule has 2 aliphatic rings. The molecule has 0 bridgehead atoms. The summed E-state index contributed by atoms with van der Waals surface area (Å²) < 4.78 is 63.5. The number of halogens is 2. The highest BCUT2D eigenvalue weighted by Gasteiger charge is 2.41. The minimum atomic E-state index is -3.80. The van der Waals surface area contributed by atoms with Crippen molar-refractivity contribution < 1.29 is 31.8 Å². The summed E-state index contributed by atoms with van der Waals surface area (Å²) in [5.41, 5.74) is 0.539. The lowest BCUT2D eigenvalue weighted by molar-refractivity contribution is -0.146. The third-order valence-electron chi connectivity index (χ3n) is 6.76. The van der Waals surface area contributed by atoms with Crippen molar-refractivity contribution in [1.82, 2.24) is 4.31 Å². The fourth-order valence-electron chi connectivity index (χ4n) is 4.87. The fourth-order valence-corrected chi connectivity index (χ4v) is 7.06. The quantitative estimate of drug-likeness (QED) is 0.694. The van der Waals surface area contributed by atoms with Gasteiger partial charge in [-0.2, -0.15) is 4.31 Å². The monoisotopic (exact) mass is 479 g/mol. The zero-order valence-electron chi connectivity index (χ0n) is 18.3. The number of carboxylic acid groups (broad SMARTS) is 1. The summed E-state index contributed by atoms with van der Waals surface area (Å²) in [6.07, 6.45) is 1.27. The van der Waals surface area contributed by atoms with Crippen LogP contribution in [0.15, 0.2) is 42.5 Å². The molecule has 1 N–H and O–H groups in total. The third kappa shape index (κ3) is 4.67. The molecule has 9 heteroatoms. The lowest BCUT2D eigenvalue weighted by Crippen LogP contribution is -2.44. The molecule has 0 amide bonds. The Bertz CT molecular complexity index is 1130. The van der Waals surface area contributed by atoms with Crippen LogP contribution in [-0.4, -0.2) is 43.1 Å². The maximum atomic E-state index is 15.1. The smallest absolute Gasteiger partial charge is 0.307 e. The van der Waals surface area contributed by atoms with Crippen molar-refractivity contribution >= 4 is 16.0 Å². The first-order chi connectivity index (χ1) is 15.7. The first kappa shape index (κ1) is 23.8. The zero-order chi connectivity index (χ0) is 23.8. The molecule has 4 unspecified atom stereocenters. The number of benzene rings is 2. The normalized spacial score (nSPS) is 27.8. The fraction of sp³-hybridized carbons (Fsp3) is 0.458. The van der Waals surface area contributed by atoms with Gasteiger partial charge in [0, 0.05) is 30.7 Å². The van der Waals surface area contributed by atoms with Gasteiger partial charge in [-0.25, -0.2) is 17.2 Å². The highest BCUT2D eigenvalue weighted by molar-refractivity contribution is 7.89. The molecule has 0 spiro atoms. The van der Waals surface area contributed by atoms with Gasteiger partial charge in [-0.3, -0.25) is 4.79 Å². The van der Waals surface area contributed by atoms with Crippen molar-refractivity contribution in [3.63, 3.8) is 0 Å². The molecule has 2 saturated heterocycles. The van der Waals surface area contributed by atoms with Crippen LogP contribution in [0.3, 0.4) is 0 Å². The second kappa shape index (κ2) is 9.48. The van der Waals surface area contributed by atoms with E-state index in [1.165, 1.54) is 4.31 Å². The number of carboxylic acids is 1. The first-order valence-electron chi connectivity index (χ1n) is 11.0. The van der Waals surface area contributed by atoms with E-state index in [9.17, 15) is 18.3 Å². The van der Waals surface area contributed by atoms with E-state index in [4.69, 9.17) is 4.74 Å². The van der Waals surface area contributed by atoms with E-state index >= 15 is 8.78 Å². The molecule has 0 saturated carbocycles. The van der Waals surface area contributed by atoms with Gasteiger partial charge >= 0.3 is 5.97 Å². The van der Waals surface area contributed by atoms with Crippen LogP contribution < -0.4 is 0 Å². The summed E-state index contributed by atoms with van der Waals surface area (Å²) in [5, 5.41) is 8.72. The van der Waals surface area contributed by atoms with Crippen LogP contribution in [0.2, 0.25) is 0 Å². The summed E-state index contributed by atoms with van der Waals surface area (Å²) in [6.45, 7) is 1.71. The highest BCUT2D eigenvalue weighted by Crippen LogP contribution is 2.39. The van der Waals surface area contributed by atoms with Gasteiger partial charge < -0.3 is 9.84 Å². The van der Waals surface area contributed by atoms with E-state index < -0.39 is 44.7 Å². The van der Waals surface area contributed by atoms with E-state index in [2.05, 4.69) is 0 Å². The van der Waals surface area contributed by atoms with Crippen molar-refractivity contribution in [2.75, 3.05) is 13.2 Å². The molecule has 2 fully saturated rings. The second-order valence-electron chi connectivity index (χ2n) is 8.80. The minimum Gasteiger partial charge on any atom is -0.481 e. The maximum absolute atomic E-state index is 15.1. The first-order valence-corrected chi connectivity index (χ1v) is 12.5. The lowest BCUT2D eigenvalue weighted by Gasteiger charge is -2.37. The topological polar surface area (TPSA) is 83.9 Å². The molecule has 0 aliphatic carbocycles. The largest absolute Gasteiger partial charge is 0.481 e. The molecule has 2 aliphatic heterocycles. The standard InChI is InChI=1S/C24H27F2NO5S/c1-15-7-8-23(16-5-3-2-4-6-16)33(30,31)27(15)13-17-11-22(26)19(12-21(17)25)20-14-32-10-9-18(20)24(28)29/h2-6,11-12,15,18,20,23H,7-10,13-14H2,1H3,(H,28,29). The molecular formula is C24H27F2NO5S. The average molecular weight is 480 g/mol. The summed E-state index contributed by atoms with van der Waals surface area (Å²) in [6, 6.07) is 10.5. The zero-order valence-corrected chi connectivity index (χ0v) is 19.1. The Morgan fingerprint density at radius 1 is 1.12 bits per heavy atom. The third-order valence-corrected chi connectivity index (χ3v) is 9.13. The number of hydrogen-bond donors (Lipinski definition) is 1. The van der Waals surface area contributed by atoms with Crippen molar-refractivity contribution in [3.05, 3.63) is 70.8 Å². The summed E-state index contributed by atoms with van der Waals surface area (Å²) in [4.78, 5) is 11.6. The number of carbonyl (C=O) groups is 1. The Labute approximate surface area is 192 Å². The van der Waals surface area contributed by atoms with Crippen LogP contribution in [0.1, 0.15) is 54.0 Å². The van der Waals surface area contributed by atoms with Crippen molar-refractivity contribution in [2.24, 2.45) is 5.92 Å². The number of hydrogen-bond acceptors (Lipinski definition) is 4. The summed E-state index contributed by atoms with van der Waals surface area (Å²) in [5.74, 6) is -4.26. The SMILES string of the molecule is CC1CCC(c2ccccc2)S(=O)(=O)N1Cc1cc(F)c(C2COCCC2C(=O)O)cc1F. The Balaban J connectivity index is 1.63. The van der Waals surface area contributed by atoms with Gasteiger partial charge in [0.15, 0.2) is 0 Å². The molecular weight excluding hydrogens is 452 g/mol. The Hall–Kier alpha value is -2.36. The average Bonchev–Trinajstić information content (AvgIpc) is 2.79. The Kier molecular flexibility index (Phi) is 6.83. The summed E-state index contributed by atoms with van der Waals surface area (Å²) in [7, 11) is -3.80. The van der Waals surface area contributed by atoms with Crippen LogP contribution in [0, 0.1) is 17.6 Å². The molecule has 178 valence electrons. The number of nitrogens with zero attached hydrogens (tertiary/aromatic N) is 1. The van der Waals surface area contributed by atoms with E-state index in [1.54, 1.807) is 31.2 Å². The molecule has 2 aromatic rings. The summed E-state index contributed by atoms with van der Waals surface area (Å²) >= 11 is 0. The van der Waals surface area contributed by atoms with Crippen LogP contribution in [0.25, 0.3) is 0 Å². The van der Waals surface area contributed by atoms with Gasteiger partial charge in [0.1, 0.15) is 16.9 Å². The van der Waals surface area contributed by atoms with Crippen molar-refractivity contribution in [3.8, 4) is 0 Å². The molecule has 6 nitrogen and oxygen atoms in total. The van der Waals surface area contributed by atoms with Gasteiger partial charge in [-0.1, -0.05) is 30.3 Å². The Morgan fingerprint density at radius 2 is 1.85 bits per heavy atom. The van der Waals surface area contributed by atoms with E-state index in [1.807, 2.05) is 6.07 Å². The maximum Gasteiger partial charge on any atom is 0.307 e. The lowest BCUT2D eigenvalue weighted by atomic mass is 9.82. The molecule has 4 rings (SSSR count). The molecule has 33 heavy (non-hydrogen) atoms. The van der Waals surface area contributed by atoms with Gasteiger partial charge in [-0.05, 0) is 49.4 Å². The van der Waals surface area contributed by atoms with E-state index in [-0.39, 0.29) is 43.3 Å². The molecule has 0 radical (unpaired) electrons. The van der Waals surface area contributed by atoms with Gasteiger partial charge in [0.25, 0.3) is 0 Å². The molecule has 2 aromatic carbocycles. The predicted molar refractivity (Wildman–Crippen MR) is 118 cm³/mol. The van der Waals surface area contributed by atoms with Crippen molar-refractivity contribution in [1.29, 1.82) is 0 Å². The number of aliphatic carboxylic acids is 1. The molecule has 0 aromatic heterocycles. The van der Waals surface area contributed by atoms with Crippen molar-refractivity contribution in [2.45, 2.75) is 49.9 Å². The highest BCUT2D eigenvalue weighted by atomic mass is 32.2. The number of ether oxygens (including phenoxy) is 1. The molecule has 2 heterocycles. The van der Waals surface area contributed by atoms with Gasteiger partial charge in [0.05, 0.1) is 12.5 Å². The minimum absolute atomic E-state index is 0.0109. The van der Waals surface area contributed by atoms with Crippen LogP contribution in [-0.2, 0) is 26.1 Å². The van der Waals surface area contributed by atoms with Gasteiger partial charge in [-0.15, -0.1) is 0 Å². The molecule has 4 atom stereocenters. The number of rotatable bonds is 5. The van der Waals surface area contributed by atoms with Gasteiger partial charge in [0.2, 0.25) is 10.0 Å². The van der Waals surface area contributed by atoms with Crippen LogP contribution >= 0.6 is 0 Å². The van der Waals surface area contributed by atoms with Crippen LogP contribution in [0.5, 0.6) is 0 Å². The van der Waals surface area contributed by atoms with E-state index in [0.29, 0.717) is 18.4 Å². The second-order valence-corrected chi connectivity index (χ2v) is 10.9. The Morgan fingerprint density at radius 3 is 2.55 bits per heavy atom. The predicted octanol–water partition coefficient (Wildman–Crippen LogP) is 4.22.